The highest BCUT2D eigenvalue weighted by atomic mass is 32.2. The number of amides is 2. The van der Waals surface area contributed by atoms with Crippen molar-refractivity contribution in [2.45, 2.75) is 46.1 Å². The molecule has 1 N–H and O–H groups in total. The van der Waals surface area contributed by atoms with Gasteiger partial charge in [-0.15, -0.1) is 0 Å². The van der Waals surface area contributed by atoms with E-state index >= 15 is 0 Å². The number of hydrogen-bond acceptors (Lipinski definition) is 4. The summed E-state index contributed by atoms with van der Waals surface area (Å²) in [7, 11) is -3.05. The summed E-state index contributed by atoms with van der Waals surface area (Å²) in [6, 6.07) is -0.280. The zero-order chi connectivity index (χ0) is 16.5. The minimum atomic E-state index is -3.05. The summed E-state index contributed by atoms with van der Waals surface area (Å²) in [4.78, 5) is 26.8. The second-order valence-electron chi connectivity index (χ2n) is 6.83. The molecule has 0 radical (unpaired) electrons. The van der Waals surface area contributed by atoms with Crippen LogP contribution in [-0.2, 0) is 19.4 Å². The molecule has 2 amide bonds. The number of sulfone groups is 1. The first-order valence-corrected chi connectivity index (χ1v) is 9.84. The van der Waals surface area contributed by atoms with E-state index in [9.17, 15) is 18.0 Å². The van der Waals surface area contributed by atoms with Gasteiger partial charge in [-0.25, -0.2) is 8.42 Å². The predicted octanol–water partition coefficient (Wildman–Crippen LogP) is 0.574. The van der Waals surface area contributed by atoms with Gasteiger partial charge in [0.15, 0.2) is 9.84 Å². The van der Waals surface area contributed by atoms with Crippen LogP contribution in [0.25, 0.3) is 0 Å². The zero-order valence-electron chi connectivity index (χ0n) is 13.6. The van der Waals surface area contributed by atoms with Crippen molar-refractivity contribution < 1.29 is 18.0 Å². The number of rotatable bonds is 6. The summed E-state index contributed by atoms with van der Waals surface area (Å²) in [6.07, 6.45) is 1.60. The van der Waals surface area contributed by atoms with Crippen molar-refractivity contribution in [3.63, 3.8) is 0 Å². The van der Waals surface area contributed by atoms with Crippen molar-refractivity contribution >= 4 is 21.7 Å². The van der Waals surface area contributed by atoms with Crippen molar-refractivity contribution in [1.82, 2.24) is 10.2 Å². The van der Waals surface area contributed by atoms with Gasteiger partial charge in [-0.2, -0.15) is 0 Å². The maximum atomic E-state index is 12.8. The molecule has 126 valence electrons. The molecule has 0 aromatic heterocycles. The van der Waals surface area contributed by atoms with Crippen LogP contribution in [0.15, 0.2) is 0 Å². The Morgan fingerprint density at radius 1 is 1.32 bits per heavy atom. The van der Waals surface area contributed by atoms with E-state index in [1.807, 2.05) is 20.8 Å². The van der Waals surface area contributed by atoms with Gasteiger partial charge in [0.1, 0.15) is 5.41 Å². The maximum Gasteiger partial charge on any atom is 0.238 e. The lowest BCUT2D eigenvalue weighted by atomic mass is 10.0. The Kier molecular flexibility index (Phi) is 4.84. The Balaban J connectivity index is 2.07. The van der Waals surface area contributed by atoms with Crippen LogP contribution in [0.4, 0.5) is 0 Å². The van der Waals surface area contributed by atoms with Gasteiger partial charge in [-0.05, 0) is 32.1 Å². The van der Waals surface area contributed by atoms with Crippen molar-refractivity contribution in [1.29, 1.82) is 0 Å². The summed E-state index contributed by atoms with van der Waals surface area (Å²) in [5.74, 6) is 0.0885. The van der Waals surface area contributed by atoms with Crippen LogP contribution in [0.2, 0.25) is 0 Å². The summed E-state index contributed by atoms with van der Waals surface area (Å²) in [5.41, 5.74) is -0.947. The molecule has 2 rings (SSSR count). The highest BCUT2D eigenvalue weighted by molar-refractivity contribution is 7.91. The normalized spacial score (nSPS) is 25.0. The van der Waals surface area contributed by atoms with Crippen LogP contribution < -0.4 is 5.32 Å². The fourth-order valence-corrected chi connectivity index (χ4v) is 4.72. The summed E-state index contributed by atoms with van der Waals surface area (Å²) in [5, 5.41) is 2.85. The van der Waals surface area contributed by atoms with Gasteiger partial charge < -0.3 is 10.2 Å². The van der Waals surface area contributed by atoms with Gasteiger partial charge in [0, 0.05) is 19.1 Å². The second kappa shape index (κ2) is 6.18. The number of carbonyl (C=O) groups excluding carboxylic acids is 2. The zero-order valence-corrected chi connectivity index (χ0v) is 14.4. The molecule has 2 aliphatic rings. The fourth-order valence-electron chi connectivity index (χ4n) is 2.99. The number of hydrogen-bond donors (Lipinski definition) is 1. The second-order valence-corrected chi connectivity index (χ2v) is 9.06. The monoisotopic (exact) mass is 330 g/mol. The van der Waals surface area contributed by atoms with Gasteiger partial charge >= 0.3 is 0 Å². The summed E-state index contributed by atoms with van der Waals surface area (Å²) >= 11 is 0. The van der Waals surface area contributed by atoms with Crippen molar-refractivity contribution in [3.05, 3.63) is 0 Å². The first-order valence-electron chi connectivity index (χ1n) is 8.01. The largest absolute Gasteiger partial charge is 0.355 e. The molecular formula is C15H26N2O4S. The molecule has 0 spiro atoms. The standard InChI is InChI=1S/C15H26N2O4S/c1-4-17(12-5-8-22(20,21)10-12)14(19)15(6-7-15)13(18)16-9-11(2)3/h11-12H,4-10H2,1-3H3,(H,16,18). The molecule has 1 heterocycles. The molecule has 1 saturated heterocycles. The molecular weight excluding hydrogens is 304 g/mol. The highest BCUT2D eigenvalue weighted by Crippen LogP contribution is 2.48. The Hall–Kier alpha value is -1.11. The van der Waals surface area contributed by atoms with E-state index in [2.05, 4.69) is 5.32 Å². The van der Waals surface area contributed by atoms with Crippen LogP contribution in [0, 0.1) is 11.3 Å². The lowest BCUT2D eigenvalue weighted by Gasteiger charge is -2.30. The minimum Gasteiger partial charge on any atom is -0.355 e. The molecule has 1 atom stereocenters. The van der Waals surface area contributed by atoms with E-state index in [4.69, 9.17) is 0 Å². The fraction of sp³-hybridized carbons (Fsp3) is 0.867. The third-order valence-corrected chi connectivity index (χ3v) is 6.27. The van der Waals surface area contributed by atoms with Crippen LogP contribution in [0.3, 0.4) is 0 Å². The SMILES string of the molecule is CCN(C(=O)C1(C(=O)NCC(C)C)CC1)C1CCS(=O)(=O)C1. The topological polar surface area (TPSA) is 83.6 Å². The molecule has 1 aliphatic heterocycles. The van der Waals surface area contributed by atoms with Crippen molar-refractivity contribution in [2.75, 3.05) is 24.6 Å². The Labute approximate surface area is 132 Å². The average Bonchev–Trinajstić information content (AvgIpc) is 3.17. The van der Waals surface area contributed by atoms with Crippen molar-refractivity contribution in [2.24, 2.45) is 11.3 Å². The first-order chi connectivity index (χ1) is 10.2. The molecule has 1 saturated carbocycles. The average molecular weight is 330 g/mol. The van der Waals surface area contributed by atoms with E-state index in [1.165, 1.54) is 0 Å². The van der Waals surface area contributed by atoms with Gasteiger partial charge in [0.2, 0.25) is 11.8 Å². The molecule has 6 nitrogen and oxygen atoms in total. The Bertz CT molecular complexity index is 552. The molecule has 0 bridgehead atoms. The number of nitrogens with one attached hydrogen (secondary N) is 1. The van der Waals surface area contributed by atoms with Crippen LogP contribution >= 0.6 is 0 Å². The van der Waals surface area contributed by atoms with Crippen LogP contribution in [0.1, 0.15) is 40.0 Å². The van der Waals surface area contributed by atoms with E-state index in [0.717, 1.165) is 0 Å². The quantitative estimate of drug-likeness (QED) is 0.722. The highest BCUT2D eigenvalue weighted by Gasteiger charge is 2.58. The van der Waals surface area contributed by atoms with E-state index in [1.54, 1.807) is 4.90 Å². The molecule has 2 fully saturated rings. The Morgan fingerprint density at radius 2 is 1.95 bits per heavy atom. The van der Waals surface area contributed by atoms with E-state index < -0.39 is 15.3 Å². The van der Waals surface area contributed by atoms with E-state index in [0.29, 0.717) is 38.3 Å². The number of nitrogens with zero attached hydrogens (tertiary/aromatic N) is 1. The molecule has 1 unspecified atom stereocenters. The van der Waals surface area contributed by atoms with Gasteiger partial charge in [-0.3, -0.25) is 9.59 Å². The van der Waals surface area contributed by atoms with Gasteiger partial charge in [0.25, 0.3) is 0 Å². The smallest absolute Gasteiger partial charge is 0.238 e. The number of carbonyl (C=O) groups is 2. The maximum absolute atomic E-state index is 12.8. The third-order valence-electron chi connectivity index (χ3n) is 4.52. The predicted molar refractivity (Wildman–Crippen MR) is 84.0 cm³/mol. The summed E-state index contributed by atoms with van der Waals surface area (Å²) < 4.78 is 23.3. The van der Waals surface area contributed by atoms with Gasteiger partial charge in [0.05, 0.1) is 11.5 Å². The molecule has 0 aromatic rings. The van der Waals surface area contributed by atoms with Crippen LogP contribution in [0.5, 0.6) is 0 Å². The first kappa shape index (κ1) is 17.2. The lowest BCUT2D eigenvalue weighted by Crippen LogP contribution is -2.50. The van der Waals surface area contributed by atoms with Gasteiger partial charge in [-0.1, -0.05) is 13.8 Å². The lowest BCUT2D eigenvalue weighted by molar-refractivity contribution is -0.145. The van der Waals surface area contributed by atoms with E-state index in [-0.39, 0.29) is 29.4 Å². The van der Waals surface area contributed by atoms with Crippen LogP contribution in [-0.4, -0.2) is 55.8 Å². The molecule has 7 heteroatoms. The minimum absolute atomic E-state index is 0.0241. The molecule has 0 aromatic carbocycles. The Morgan fingerprint density at radius 3 is 2.36 bits per heavy atom. The third kappa shape index (κ3) is 3.45. The van der Waals surface area contributed by atoms with Crippen molar-refractivity contribution in [3.8, 4) is 0 Å². The molecule has 22 heavy (non-hydrogen) atoms. The summed E-state index contributed by atoms with van der Waals surface area (Å²) in [6.45, 7) is 6.84. The molecule has 1 aliphatic carbocycles.